The molecule has 0 bridgehead atoms. The third-order valence-corrected chi connectivity index (χ3v) is 5.48. The van der Waals surface area contributed by atoms with Crippen LogP contribution in [0.5, 0.6) is 5.75 Å². The van der Waals surface area contributed by atoms with Gasteiger partial charge in [-0.25, -0.2) is 4.79 Å². The van der Waals surface area contributed by atoms with Gasteiger partial charge in [-0.1, -0.05) is 19.3 Å². The summed E-state index contributed by atoms with van der Waals surface area (Å²) in [5.41, 5.74) is 0.405. The highest BCUT2D eigenvalue weighted by Crippen LogP contribution is 2.19. The number of hydrogen-bond acceptors (Lipinski definition) is 4. The number of urea groups is 1. The normalized spacial score (nSPS) is 24.1. The van der Waals surface area contributed by atoms with E-state index in [2.05, 4.69) is 10.6 Å². The van der Waals surface area contributed by atoms with Crippen LogP contribution in [0.25, 0.3) is 0 Å². The van der Waals surface area contributed by atoms with Crippen molar-refractivity contribution in [3.8, 4) is 5.75 Å². The van der Waals surface area contributed by atoms with Crippen molar-refractivity contribution in [2.45, 2.75) is 63.1 Å². The van der Waals surface area contributed by atoms with Crippen LogP contribution in [0.15, 0.2) is 24.3 Å². The van der Waals surface area contributed by atoms with Gasteiger partial charge in [-0.05, 0) is 49.9 Å². The van der Waals surface area contributed by atoms with Crippen LogP contribution >= 0.6 is 0 Å². The first-order valence-corrected chi connectivity index (χ1v) is 9.86. The molecule has 7 nitrogen and oxygen atoms in total. The molecule has 0 aromatic heterocycles. The molecule has 1 aromatic carbocycles. The largest absolute Gasteiger partial charge is 0.508 e. The van der Waals surface area contributed by atoms with E-state index in [9.17, 15) is 19.8 Å². The van der Waals surface area contributed by atoms with Crippen molar-refractivity contribution in [1.82, 2.24) is 15.5 Å². The molecule has 2 aliphatic rings. The third kappa shape index (κ3) is 5.35. The molecule has 0 unspecified atom stereocenters. The number of aliphatic hydroxyl groups is 1. The second-order valence-electron chi connectivity index (χ2n) is 7.57. The zero-order chi connectivity index (χ0) is 19.2. The monoisotopic (exact) mass is 375 g/mol. The summed E-state index contributed by atoms with van der Waals surface area (Å²) in [5.74, 6) is -0.236. The van der Waals surface area contributed by atoms with Crippen molar-refractivity contribution in [1.29, 1.82) is 0 Å². The molecule has 1 heterocycles. The first-order valence-electron chi connectivity index (χ1n) is 9.86. The zero-order valence-electron chi connectivity index (χ0n) is 15.6. The molecule has 1 aliphatic carbocycles. The lowest BCUT2D eigenvalue weighted by atomic mass is 9.96. The highest BCUT2D eigenvalue weighted by atomic mass is 16.3. The SMILES string of the molecule is O=C(N[C@@H]1CN(C(=O)NC2CCCCC2)CCC[C@H]1O)c1ccc(O)cc1. The predicted molar refractivity (Wildman–Crippen MR) is 102 cm³/mol. The second-order valence-corrected chi connectivity index (χ2v) is 7.57. The van der Waals surface area contributed by atoms with E-state index >= 15 is 0 Å². The van der Waals surface area contributed by atoms with Crippen molar-refractivity contribution in [2.75, 3.05) is 13.1 Å². The number of rotatable bonds is 3. The van der Waals surface area contributed by atoms with Gasteiger partial charge in [0.05, 0.1) is 12.1 Å². The Kier molecular flexibility index (Phi) is 6.55. The van der Waals surface area contributed by atoms with Crippen LogP contribution in [0, 0.1) is 0 Å². The standard InChI is InChI=1S/C20H29N3O4/c24-16-10-8-14(9-11-16)19(26)22-17-13-23(12-4-7-18(17)25)20(27)21-15-5-2-1-3-6-15/h8-11,15,17-18,24-25H,1-7,12-13H2,(H,21,27)(H,22,26)/t17-,18-/m1/s1. The number of nitrogens with zero attached hydrogens (tertiary/aromatic N) is 1. The summed E-state index contributed by atoms with van der Waals surface area (Å²) in [6.07, 6.45) is 6.10. The molecule has 1 saturated heterocycles. The van der Waals surface area contributed by atoms with Crippen LogP contribution in [0.4, 0.5) is 4.79 Å². The Balaban J connectivity index is 1.60. The number of aliphatic hydroxyl groups excluding tert-OH is 1. The Hall–Kier alpha value is -2.28. The van der Waals surface area contributed by atoms with Crippen LogP contribution in [0.1, 0.15) is 55.3 Å². The summed E-state index contributed by atoms with van der Waals surface area (Å²) in [4.78, 5) is 26.8. The molecule has 148 valence electrons. The molecule has 27 heavy (non-hydrogen) atoms. The minimum absolute atomic E-state index is 0.0895. The fourth-order valence-electron chi connectivity index (χ4n) is 3.85. The molecule has 0 spiro atoms. The number of hydrogen-bond donors (Lipinski definition) is 4. The first-order chi connectivity index (χ1) is 13.0. The highest BCUT2D eigenvalue weighted by Gasteiger charge is 2.30. The molecule has 1 aromatic rings. The quantitative estimate of drug-likeness (QED) is 0.649. The molecule has 1 aliphatic heterocycles. The number of nitrogens with one attached hydrogen (secondary N) is 2. The van der Waals surface area contributed by atoms with E-state index in [1.807, 2.05) is 0 Å². The van der Waals surface area contributed by atoms with E-state index < -0.39 is 12.1 Å². The van der Waals surface area contributed by atoms with Crippen molar-refractivity contribution in [3.63, 3.8) is 0 Å². The summed E-state index contributed by atoms with van der Waals surface area (Å²) in [6, 6.07) is 5.54. The van der Waals surface area contributed by atoms with Crippen molar-refractivity contribution < 1.29 is 19.8 Å². The van der Waals surface area contributed by atoms with Gasteiger partial charge in [-0.15, -0.1) is 0 Å². The minimum atomic E-state index is -0.696. The van der Waals surface area contributed by atoms with Gasteiger partial charge in [0.1, 0.15) is 5.75 Å². The number of likely N-dealkylation sites (tertiary alicyclic amines) is 1. The maximum atomic E-state index is 12.7. The molecule has 3 rings (SSSR count). The number of benzene rings is 1. The van der Waals surface area contributed by atoms with Crippen LogP contribution in [0.2, 0.25) is 0 Å². The fraction of sp³-hybridized carbons (Fsp3) is 0.600. The van der Waals surface area contributed by atoms with Gasteiger partial charge in [0.25, 0.3) is 5.91 Å². The smallest absolute Gasteiger partial charge is 0.317 e. The maximum absolute atomic E-state index is 12.7. The van der Waals surface area contributed by atoms with Crippen molar-refractivity contribution in [2.24, 2.45) is 0 Å². The summed E-state index contributed by atoms with van der Waals surface area (Å²) in [5, 5.41) is 25.7. The van der Waals surface area contributed by atoms with Crippen LogP contribution in [-0.4, -0.2) is 58.3 Å². The van der Waals surface area contributed by atoms with E-state index in [0.717, 1.165) is 25.7 Å². The number of phenolic OH excluding ortho intramolecular Hbond substituents is 1. The topological polar surface area (TPSA) is 102 Å². The Morgan fingerprint density at radius 1 is 0.963 bits per heavy atom. The number of carbonyl (C=O) groups is 2. The number of phenols is 1. The molecule has 3 amide bonds. The molecule has 2 atom stereocenters. The van der Waals surface area contributed by atoms with Gasteiger partial charge in [-0.3, -0.25) is 4.79 Å². The van der Waals surface area contributed by atoms with Gasteiger partial charge in [0, 0.05) is 24.7 Å². The van der Waals surface area contributed by atoms with Crippen LogP contribution in [0.3, 0.4) is 0 Å². The summed E-state index contributed by atoms with van der Waals surface area (Å²) in [7, 11) is 0. The van der Waals surface area contributed by atoms with Crippen molar-refractivity contribution in [3.05, 3.63) is 29.8 Å². The van der Waals surface area contributed by atoms with E-state index in [4.69, 9.17) is 0 Å². The van der Waals surface area contributed by atoms with E-state index in [-0.39, 0.29) is 30.3 Å². The second kappa shape index (κ2) is 9.08. The Morgan fingerprint density at radius 2 is 1.67 bits per heavy atom. The summed E-state index contributed by atoms with van der Waals surface area (Å²) < 4.78 is 0. The molecule has 0 radical (unpaired) electrons. The van der Waals surface area contributed by atoms with Gasteiger partial charge in [0.15, 0.2) is 0 Å². The maximum Gasteiger partial charge on any atom is 0.317 e. The van der Waals surface area contributed by atoms with Crippen LogP contribution in [-0.2, 0) is 0 Å². The Labute approximate surface area is 159 Å². The molecule has 1 saturated carbocycles. The molecule has 7 heteroatoms. The molecular formula is C20H29N3O4. The number of aromatic hydroxyl groups is 1. The van der Waals surface area contributed by atoms with Crippen LogP contribution < -0.4 is 10.6 Å². The highest BCUT2D eigenvalue weighted by molar-refractivity contribution is 5.94. The lowest BCUT2D eigenvalue weighted by molar-refractivity contribution is 0.0808. The van der Waals surface area contributed by atoms with Crippen molar-refractivity contribution >= 4 is 11.9 Å². The summed E-state index contributed by atoms with van der Waals surface area (Å²) in [6.45, 7) is 0.852. The lowest BCUT2D eigenvalue weighted by Gasteiger charge is -2.30. The number of amides is 3. The summed E-state index contributed by atoms with van der Waals surface area (Å²) >= 11 is 0. The van der Waals surface area contributed by atoms with Gasteiger partial charge >= 0.3 is 6.03 Å². The van der Waals surface area contributed by atoms with E-state index in [1.165, 1.54) is 30.7 Å². The number of carbonyl (C=O) groups excluding carboxylic acids is 2. The minimum Gasteiger partial charge on any atom is -0.508 e. The average molecular weight is 375 g/mol. The lowest BCUT2D eigenvalue weighted by Crippen LogP contribution is -2.53. The van der Waals surface area contributed by atoms with Gasteiger partial charge in [-0.2, -0.15) is 0 Å². The Morgan fingerprint density at radius 3 is 2.37 bits per heavy atom. The van der Waals surface area contributed by atoms with E-state index in [0.29, 0.717) is 24.9 Å². The zero-order valence-corrected chi connectivity index (χ0v) is 15.6. The first kappa shape index (κ1) is 19.5. The van der Waals surface area contributed by atoms with Gasteiger partial charge in [0.2, 0.25) is 0 Å². The third-order valence-electron chi connectivity index (χ3n) is 5.48. The predicted octanol–water partition coefficient (Wildman–Crippen LogP) is 1.99. The molecular weight excluding hydrogens is 346 g/mol. The molecule has 4 N–H and O–H groups in total. The average Bonchev–Trinajstić information content (AvgIpc) is 2.85. The molecule has 2 fully saturated rings. The van der Waals surface area contributed by atoms with E-state index in [1.54, 1.807) is 4.90 Å². The van der Waals surface area contributed by atoms with Gasteiger partial charge < -0.3 is 25.7 Å². The fourth-order valence-corrected chi connectivity index (χ4v) is 3.85. The Bertz CT molecular complexity index is 643.